The minimum absolute atomic E-state index is 0.753. The van der Waals surface area contributed by atoms with Crippen LogP contribution in [0.3, 0.4) is 0 Å². The smallest absolute Gasteiger partial charge is 0.141 e. The average Bonchev–Trinajstić information content (AvgIpc) is 3.25. The molecule has 3 heteroatoms. The zero-order valence-corrected chi connectivity index (χ0v) is 12.7. The molecule has 110 valence electrons. The molecule has 3 rings (SSSR count). The molecule has 2 saturated carbocycles. The molecule has 0 atom stereocenters. The Hall–Kier alpha value is -1.09. The molecular formula is C17H26N2O. The first-order chi connectivity index (χ1) is 9.74. The summed E-state index contributed by atoms with van der Waals surface area (Å²) in [6, 6.07) is 0.770. The van der Waals surface area contributed by atoms with Crippen LogP contribution >= 0.6 is 0 Å². The lowest BCUT2D eigenvalue weighted by Gasteiger charge is -2.25. The Morgan fingerprint density at radius 3 is 2.55 bits per heavy atom. The van der Waals surface area contributed by atoms with Crippen molar-refractivity contribution in [3.05, 3.63) is 22.6 Å². The molecule has 0 amide bonds. The van der Waals surface area contributed by atoms with E-state index >= 15 is 0 Å². The van der Waals surface area contributed by atoms with Crippen LogP contribution in [0.1, 0.15) is 62.0 Å². The van der Waals surface area contributed by atoms with Crippen LogP contribution in [0.25, 0.3) is 6.08 Å². The Balaban J connectivity index is 1.78. The average molecular weight is 274 g/mol. The Labute approximate surface area is 121 Å². The maximum atomic E-state index is 5.31. The van der Waals surface area contributed by atoms with Gasteiger partial charge >= 0.3 is 0 Å². The fourth-order valence-electron chi connectivity index (χ4n) is 3.22. The van der Waals surface area contributed by atoms with Crippen LogP contribution in [-0.4, -0.2) is 17.7 Å². The fourth-order valence-corrected chi connectivity index (χ4v) is 3.22. The molecule has 1 aromatic heterocycles. The number of nitrogens with zero attached hydrogens (tertiary/aromatic N) is 1. The van der Waals surface area contributed by atoms with Gasteiger partial charge in [-0.2, -0.15) is 0 Å². The highest BCUT2D eigenvalue weighted by atomic mass is 16.5. The predicted octanol–water partition coefficient (Wildman–Crippen LogP) is 4.01. The second-order valence-corrected chi connectivity index (χ2v) is 6.45. The molecule has 1 aromatic rings. The number of rotatable bonds is 5. The van der Waals surface area contributed by atoms with Crippen molar-refractivity contribution in [2.24, 2.45) is 5.92 Å². The number of aryl methyl sites for hydroxylation is 2. The highest BCUT2D eigenvalue weighted by Gasteiger charge is 2.24. The Morgan fingerprint density at radius 2 is 1.95 bits per heavy atom. The van der Waals surface area contributed by atoms with Crippen molar-refractivity contribution in [1.82, 2.24) is 10.5 Å². The third-order valence-electron chi connectivity index (χ3n) is 4.72. The van der Waals surface area contributed by atoms with Crippen molar-refractivity contribution in [2.45, 2.75) is 64.8 Å². The summed E-state index contributed by atoms with van der Waals surface area (Å²) in [6.45, 7) is 5.09. The summed E-state index contributed by atoms with van der Waals surface area (Å²) in [5.41, 5.74) is 3.77. The van der Waals surface area contributed by atoms with Crippen LogP contribution in [0.4, 0.5) is 0 Å². The van der Waals surface area contributed by atoms with E-state index in [4.69, 9.17) is 4.52 Å². The van der Waals surface area contributed by atoms with Gasteiger partial charge in [0, 0.05) is 18.2 Å². The fraction of sp³-hybridized carbons (Fsp3) is 0.706. The van der Waals surface area contributed by atoms with Crippen LogP contribution in [0.5, 0.6) is 0 Å². The standard InChI is InChI=1S/C17H26N2O/c1-12-17(13(2)20-19-12)10-15(11-18-16-8-9-16)14-6-4-3-5-7-14/h10,14,16,18H,3-9,11H2,1-2H3/b15-10-. The monoisotopic (exact) mass is 274 g/mol. The summed E-state index contributed by atoms with van der Waals surface area (Å²) in [4.78, 5) is 0. The van der Waals surface area contributed by atoms with Crippen molar-refractivity contribution in [3.63, 3.8) is 0 Å². The van der Waals surface area contributed by atoms with Crippen LogP contribution in [0, 0.1) is 19.8 Å². The zero-order chi connectivity index (χ0) is 13.9. The third-order valence-corrected chi connectivity index (χ3v) is 4.72. The van der Waals surface area contributed by atoms with Gasteiger partial charge < -0.3 is 9.84 Å². The minimum Gasteiger partial charge on any atom is -0.361 e. The first kappa shape index (κ1) is 13.9. The Morgan fingerprint density at radius 1 is 1.20 bits per heavy atom. The van der Waals surface area contributed by atoms with E-state index in [1.165, 1.54) is 50.5 Å². The SMILES string of the molecule is Cc1noc(C)c1/C=C(/CNC1CC1)C1CCCCC1. The summed E-state index contributed by atoms with van der Waals surface area (Å²) in [6.07, 6.45) is 11.9. The largest absolute Gasteiger partial charge is 0.361 e. The highest BCUT2D eigenvalue weighted by Crippen LogP contribution is 2.32. The van der Waals surface area contributed by atoms with Gasteiger partial charge in [-0.15, -0.1) is 0 Å². The lowest BCUT2D eigenvalue weighted by molar-refractivity contribution is 0.392. The normalized spacial score (nSPS) is 21.4. The lowest BCUT2D eigenvalue weighted by atomic mass is 9.83. The topological polar surface area (TPSA) is 38.1 Å². The van der Waals surface area contributed by atoms with E-state index in [9.17, 15) is 0 Å². The summed E-state index contributed by atoms with van der Waals surface area (Å²) in [5, 5.41) is 7.77. The summed E-state index contributed by atoms with van der Waals surface area (Å²) < 4.78 is 5.31. The van der Waals surface area contributed by atoms with E-state index in [1.807, 2.05) is 13.8 Å². The quantitative estimate of drug-likeness (QED) is 0.881. The van der Waals surface area contributed by atoms with Crippen molar-refractivity contribution in [2.75, 3.05) is 6.54 Å². The molecule has 2 aliphatic carbocycles. The van der Waals surface area contributed by atoms with Crippen LogP contribution in [0.2, 0.25) is 0 Å². The first-order valence-electron chi connectivity index (χ1n) is 8.11. The van der Waals surface area contributed by atoms with E-state index in [0.29, 0.717) is 0 Å². The number of nitrogens with one attached hydrogen (secondary N) is 1. The molecule has 20 heavy (non-hydrogen) atoms. The molecule has 0 aliphatic heterocycles. The van der Waals surface area contributed by atoms with Gasteiger partial charge in [-0.3, -0.25) is 0 Å². The molecule has 3 nitrogen and oxygen atoms in total. The van der Waals surface area contributed by atoms with Gasteiger partial charge in [0.05, 0.1) is 5.69 Å². The zero-order valence-electron chi connectivity index (χ0n) is 12.7. The maximum Gasteiger partial charge on any atom is 0.141 e. The molecule has 0 spiro atoms. The predicted molar refractivity (Wildman–Crippen MR) is 81.6 cm³/mol. The van der Waals surface area contributed by atoms with Crippen molar-refractivity contribution >= 4 is 6.08 Å². The number of aromatic nitrogens is 1. The van der Waals surface area contributed by atoms with Gasteiger partial charge in [0.1, 0.15) is 5.76 Å². The van der Waals surface area contributed by atoms with Gasteiger partial charge in [0.15, 0.2) is 0 Å². The molecule has 0 saturated heterocycles. The molecule has 0 bridgehead atoms. The summed E-state index contributed by atoms with van der Waals surface area (Å²) in [7, 11) is 0. The molecular weight excluding hydrogens is 248 g/mol. The molecule has 2 aliphatic rings. The Bertz CT molecular complexity index is 460. The van der Waals surface area contributed by atoms with Crippen molar-refractivity contribution in [1.29, 1.82) is 0 Å². The van der Waals surface area contributed by atoms with Gasteiger partial charge in [-0.1, -0.05) is 30.0 Å². The molecule has 0 unspecified atom stereocenters. The van der Waals surface area contributed by atoms with Gasteiger partial charge in [-0.05, 0) is 51.5 Å². The van der Waals surface area contributed by atoms with E-state index in [-0.39, 0.29) is 0 Å². The van der Waals surface area contributed by atoms with Gasteiger partial charge in [0.25, 0.3) is 0 Å². The maximum absolute atomic E-state index is 5.31. The van der Waals surface area contributed by atoms with Crippen molar-refractivity contribution in [3.8, 4) is 0 Å². The molecule has 1 heterocycles. The highest BCUT2D eigenvalue weighted by molar-refractivity contribution is 5.57. The molecule has 1 N–H and O–H groups in total. The minimum atomic E-state index is 0.753. The van der Waals surface area contributed by atoms with E-state index in [2.05, 4.69) is 16.5 Å². The lowest BCUT2D eigenvalue weighted by Crippen LogP contribution is -2.24. The Kier molecular flexibility index (Phi) is 4.25. The summed E-state index contributed by atoms with van der Waals surface area (Å²) in [5.74, 6) is 1.70. The second-order valence-electron chi connectivity index (χ2n) is 6.45. The van der Waals surface area contributed by atoms with Gasteiger partial charge in [0.2, 0.25) is 0 Å². The van der Waals surface area contributed by atoms with E-state index < -0.39 is 0 Å². The van der Waals surface area contributed by atoms with Crippen LogP contribution in [0.15, 0.2) is 10.1 Å². The first-order valence-corrected chi connectivity index (χ1v) is 8.11. The van der Waals surface area contributed by atoms with E-state index in [0.717, 1.165) is 30.0 Å². The number of hydrogen-bond donors (Lipinski definition) is 1. The van der Waals surface area contributed by atoms with Crippen LogP contribution < -0.4 is 5.32 Å². The molecule has 0 aromatic carbocycles. The second kappa shape index (κ2) is 6.13. The summed E-state index contributed by atoms with van der Waals surface area (Å²) >= 11 is 0. The molecule has 0 radical (unpaired) electrons. The molecule has 2 fully saturated rings. The van der Waals surface area contributed by atoms with E-state index in [1.54, 1.807) is 5.57 Å². The third kappa shape index (κ3) is 3.32. The van der Waals surface area contributed by atoms with Crippen LogP contribution in [-0.2, 0) is 0 Å². The van der Waals surface area contributed by atoms with Crippen molar-refractivity contribution < 1.29 is 4.52 Å². The van der Waals surface area contributed by atoms with Gasteiger partial charge in [-0.25, -0.2) is 0 Å². The number of hydrogen-bond acceptors (Lipinski definition) is 3.